The molecule has 0 spiro atoms. The lowest BCUT2D eigenvalue weighted by Gasteiger charge is -2.36. The first-order valence-electron chi connectivity index (χ1n) is 6.31. The summed E-state index contributed by atoms with van der Waals surface area (Å²) in [6.45, 7) is 4.38. The number of benzene rings is 1. The maximum Gasteiger partial charge on any atom is 0.118 e. The predicted octanol–water partition coefficient (Wildman–Crippen LogP) is 2.01. The molecule has 1 aromatic carbocycles. The number of hydrogen-bond donors (Lipinski definition) is 1. The molecule has 2 atom stereocenters. The molecular formula is C14H22N2O. The Labute approximate surface area is 104 Å². The summed E-state index contributed by atoms with van der Waals surface area (Å²) in [7, 11) is 1.70. The van der Waals surface area contributed by atoms with Gasteiger partial charge < -0.3 is 10.5 Å². The van der Waals surface area contributed by atoms with Crippen molar-refractivity contribution in [3.63, 3.8) is 0 Å². The Kier molecular flexibility index (Phi) is 4.02. The Morgan fingerprint density at radius 2 is 2.06 bits per heavy atom. The smallest absolute Gasteiger partial charge is 0.118 e. The van der Waals surface area contributed by atoms with Crippen LogP contribution in [-0.2, 0) is 6.54 Å². The summed E-state index contributed by atoms with van der Waals surface area (Å²) in [5.74, 6) is 0.919. The molecule has 1 aromatic rings. The van der Waals surface area contributed by atoms with Gasteiger partial charge in [0.25, 0.3) is 0 Å². The number of nitrogens with zero attached hydrogens (tertiary/aromatic N) is 1. The Morgan fingerprint density at radius 3 is 2.65 bits per heavy atom. The van der Waals surface area contributed by atoms with Gasteiger partial charge in [-0.25, -0.2) is 0 Å². The highest BCUT2D eigenvalue weighted by atomic mass is 16.5. The van der Waals surface area contributed by atoms with Gasteiger partial charge in [0.2, 0.25) is 0 Å². The van der Waals surface area contributed by atoms with Crippen molar-refractivity contribution in [2.45, 2.75) is 38.4 Å². The molecule has 1 aliphatic heterocycles. The normalized spacial score (nSPS) is 25.8. The van der Waals surface area contributed by atoms with Crippen LogP contribution in [-0.4, -0.2) is 30.6 Å². The molecule has 94 valence electrons. The molecule has 0 saturated carbocycles. The van der Waals surface area contributed by atoms with Crippen LogP contribution in [0.3, 0.4) is 0 Å². The van der Waals surface area contributed by atoms with Crippen LogP contribution in [0.2, 0.25) is 0 Å². The number of likely N-dealkylation sites (tertiary alicyclic amines) is 1. The Balaban J connectivity index is 1.95. The topological polar surface area (TPSA) is 38.5 Å². The van der Waals surface area contributed by atoms with E-state index in [0.29, 0.717) is 12.1 Å². The van der Waals surface area contributed by atoms with Gasteiger partial charge in [0.05, 0.1) is 7.11 Å². The maximum absolute atomic E-state index is 5.98. The van der Waals surface area contributed by atoms with E-state index in [9.17, 15) is 0 Å². The minimum Gasteiger partial charge on any atom is -0.497 e. The van der Waals surface area contributed by atoms with Crippen LogP contribution in [0.25, 0.3) is 0 Å². The van der Waals surface area contributed by atoms with Gasteiger partial charge in [0.15, 0.2) is 0 Å². The standard InChI is InChI=1S/C14H22N2O/c1-11-9-13(15)7-8-16(11)10-12-3-5-14(17-2)6-4-12/h3-6,11,13H,7-10,15H2,1-2H3. The summed E-state index contributed by atoms with van der Waals surface area (Å²) in [5, 5.41) is 0. The van der Waals surface area contributed by atoms with Crippen molar-refractivity contribution in [2.75, 3.05) is 13.7 Å². The van der Waals surface area contributed by atoms with Crippen LogP contribution in [0.15, 0.2) is 24.3 Å². The first kappa shape index (κ1) is 12.4. The molecule has 0 aromatic heterocycles. The largest absolute Gasteiger partial charge is 0.497 e. The third-order valence-corrected chi connectivity index (χ3v) is 3.60. The van der Waals surface area contributed by atoms with E-state index in [0.717, 1.165) is 31.7 Å². The summed E-state index contributed by atoms with van der Waals surface area (Å²) >= 11 is 0. The molecule has 1 fully saturated rings. The molecule has 0 aliphatic carbocycles. The lowest BCUT2D eigenvalue weighted by Crippen LogP contribution is -2.44. The van der Waals surface area contributed by atoms with Crippen molar-refractivity contribution in [3.8, 4) is 5.75 Å². The molecule has 0 bridgehead atoms. The van der Waals surface area contributed by atoms with E-state index < -0.39 is 0 Å². The van der Waals surface area contributed by atoms with Gasteiger partial charge >= 0.3 is 0 Å². The van der Waals surface area contributed by atoms with E-state index >= 15 is 0 Å². The van der Waals surface area contributed by atoms with Gasteiger partial charge in [-0.05, 0) is 37.5 Å². The minimum absolute atomic E-state index is 0.386. The van der Waals surface area contributed by atoms with E-state index in [1.807, 2.05) is 12.1 Å². The SMILES string of the molecule is COc1ccc(CN2CCC(N)CC2C)cc1. The molecule has 3 nitrogen and oxygen atoms in total. The highest BCUT2D eigenvalue weighted by Gasteiger charge is 2.22. The highest BCUT2D eigenvalue weighted by Crippen LogP contribution is 2.20. The van der Waals surface area contributed by atoms with Crippen LogP contribution in [0.1, 0.15) is 25.3 Å². The van der Waals surface area contributed by atoms with Crippen LogP contribution < -0.4 is 10.5 Å². The number of ether oxygens (including phenoxy) is 1. The molecule has 2 N–H and O–H groups in total. The lowest BCUT2D eigenvalue weighted by molar-refractivity contribution is 0.140. The molecular weight excluding hydrogens is 212 g/mol. The van der Waals surface area contributed by atoms with Crippen LogP contribution in [0.4, 0.5) is 0 Å². The fourth-order valence-electron chi connectivity index (χ4n) is 2.46. The molecule has 3 heteroatoms. The summed E-state index contributed by atoms with van der Waals surface area (Å²) in [6, 6.07) is 9.30. The zero-order valence-electron chi connectivity index (χ0n) is 10.7. The molecule has 2 rings (SSSR count). The summed E-state index contributed by atoms with van der Waals surface area (Å²) in [5.41, 5.74) is 7.32. The van der Waals surface area contributed by atoms with Crippen LogP contribution in [0.5, 0.6) is 5.75 Å². The van der Waals surface area contributed by atoms with Crippen molar-refractivity contribution < 1.29 is 4.74 Å². The van der Waals surface area contributed by atoms with Gasteiger partial charge in [-0.3, -0.25) is 4.90 Å². The second-order valence-corrected chi connectivity index (χ2v) is 4.95. The highest BCUT2D eigenvalue weighted by molar-refractivity contribution is 5.27. The first-order valence-corrected chi connectivity index (χ1v) is 6.31. The molecule has 2 unspecified atom stereocenters. The van der Waals surface area contributed by atoms with E-state index in [1.165, 1.54) is 5.56 Å². The quantitative estimate of drug-likeness (QED) is 0.869. The monoisotopic (exact) mass is 234 g/mol. The lowest BCUT2D eigenvalue weighted by atomic mass is 9.98. The van der Waals surface area contributed by atoms with Crippen molar-refractivity contribution >= 4 is 0 Å². The average Bonchev–Trinajstić information content (AvgIpc) is 2.34. The molecule has 1 saturated heterocycles. The third kappa shape index (κ3) is 3.20. The molecule has 1 heterocycles. The fourth-order valence-corrected chi connectivity index (χ4v) is 2.46. The summed E-state index contributed by atoms with van der Waals surface area (Å²) in [6.07, 6.45) is 2.22. The van der Waals surface area contributed by atoms with Gasteiger partial charge in [0.1, 0.15) is 5.75 Å². The summed E-state index contributed by atoms with van der Waals surface area (Å²) in [4.78, 5) is 2.51. The number of hydrogen-bond acceptors (Lipinski definition) is 3. The zero-order chi connectivity index (χ0) is 12.3. The van der Waals surface area contributed by atoms with E-state index in [-0.39, 0.29) is 0 Å². The van der Waals surface area contributed by atoms with E-state index in [2.05, 4.69) is 24.0 Å². The number of piperidine rings is 1. The van der Waals surface area contributed by atoms with Crippen LogP contribution in [0, 0.1) is 0 Å². The van der Waals surface area contributed by atoms with Crippen molar-refractivity contribution in [3.05, 3.63) is 29.8 Å². The van der Waals surface area contributed by atoms with Crippen molar-refractivity contribution in [1.82, 2.24) is 4.90 Å². The van der Waals surface area contributed by atoms with E-state index in [1.54, 1.807) is 7.11 Å². The second-order valence-electron chi connectivity index (χ2n) is 4.95. The maximum atomic E-state index is 5.98. The van der Waals surface area contributed by atoms with Gasteiger partial charge in [-0.1, -0.05) is 12.1 Å². The van der Waals surface area contributed by atoms with E-state index in [4.69, 9.17) is 10.5 Å². The Morgan fingerprint density at radius 1 is 1.35 bits per heavy atom. The average molecular weight is 234 g/mol. The van der Waals surface area contributed by atoms with Gasteiger partial charge in [0, 0.05) is 25.2 Å². The molecule has 17 heavy (non-hydrogen) atoms. The molecule has 0 amide bonds. The van der Waals surface area contributed by atoms with Crippen molar-refractivity contribution in [1.29, 1.82) is 0 Å². The van der Waals surface area contributed by atoms with Crippen LogP contribution >= 0.6 is 0 Å². The van der Waals surface area contributed by atoms with Crippen molar-refractivity contribution in [2.24, 2.45) is 5.73 Å². The Bertz CT molecular complexity index is 350. The van der Waals surface area contributed by atoms with Gasteiger partial charge in [-0.15, -0.1) is 0 Å². The summed E-state index contributed by atoms with van der Waals surface area (Å²) < 4.78 is 5.16. The first-order chi connectivity index (χ1) is 8.19. The molecule has 1 aliphatic rings. The zero-order valence-corrected chi connectivity index (χ0v) is 10.7. The number of nitrogens with two attached hydrogens (primary N) is 1. The predicted molar refractivity (Wildman–Crippen MR) is 70.1 cm³/mol. The van der Waals surface area contributed by atoms with Gasteiger partial charge in [-0.2, -0.15) is 0 Å². The molecule has 0 radical (unpaired) electrons. The number of rotatable bonds is 3. The number of methoxy groups -OCH3 is 1. The fraction of sp³-hybridized carbons (Fsp3) is 0.571. The third-order valence-electron chi connectivity index (χ3n) is 3.60. The Hall–Kier alpha value is -1.06. The minimum atomic E-state index is 0.386. The second kappa shape index (κ2) is 5.52.